The molecule has 6 heteroatoms. The van der Waals surface area contributed by atoms with Gasteiger partial charge in [-0.1, -0.05) is 38.1 Å². The number of nitrogens with zero attached hydrogens (tertiary/aromatic N) is 3. The maximum absolute atomic E-state index is 10.9. The molecule has 0 aliphatic carbocycles. The maximum Gasteiger partial charge on any atom is 0.269 e. The third-order valence-corrected chi connectivity index (χ3v) is 5.12. The molecule has 27 heavy (non-hydrogen) atoms. The molecule has 0 amide bonds. The van der Waals surface area contributed by atoms with Crippen LogP contribution in [0.4, 0.5) is 11.4 Å². The van der Waals surface area contributed by atoms with Gasteiger partial charge in [0.05, 0.1) is 16.3 Å². The number of benzene rings is 2. The van der Waals surface area contributed by atoms with E-state index < -0.39 is 4.92 Å². The Labute approximate surface area is 162 Å². The van der Waals surface area contributed by atoms with Gasteiger partial charge >= 0.3 is 0 Å². The summed E-state index contributed by atoms with van der Waals surface area (Å²) in [6.45, 7) is 8.78. The Kier molecular flexibility index (Phi) is 5.66. The van der Waals surface area contributed by atoms with Crippen LogP contribution in [0.15, 0.2) is 71.6 Å². The van der Waals surface area contributed by atoms with Crippen LogP contribution in [-0.2, 0) is 6.54 Å². The van der Waals surface area contributed by atoms with E-state index in [0.29, 0.717) is 12.5 Å². The summed E-state index contributed by atoms with van der Waals surface area (Å²) in [5, 5.41) is 12.9. The number of hydrogen-bond donors (Lipinski definition) is 0. The summed E-state index contributed by atoms with van der Waals surface area (Å²) in [5.41, 5.74) is 4.13. The minimum atomic E-state index is -0.390. The number of non-ortho nitro benzene ring substituents is 1. The molecule has 0 fully saturated rings. The number of thiazole rings is 1. The van der Waals surface area contributed by atoms with Crippen molar-refractivity contribution in [1.82, 2.24) is 4.57 Å². The minimum absolute atomic E-state index is 0.0834. The molecule has 0 atom stereocenters. The van der Waals surface area contributed by atoms with Crippen molar-refractivity contribution in [2.24, 2.45) is 4.99 Å². The van der Waals surface area contributed by atoms with Gasteiger partial charge in [0, 0.05) is 24.1 Å². The van der Waals surface area contributed by atoms with E-state index >= 15 is 0 Å². The topological polar surface area (TPSA) is 60.4 Å². The number of allylic oxidation sites excluding steroid dienone is 1. The van der Waals surface area contributed by atoms with E-state index in [0.717, 1.165) is 21.7 Å². The van der Waals surface area contributed by atoms with Crippen LogP contribution in [0.2, 0.25) is 0 Å². The smallest absolute Gasteiger partial charge is 0.269 e. The van der Waals surface area contributed by atoms with E-state index in [-0.39, 0.29) is 5.69 Å². The van der Waals surface area contributed by atoms with Crippen molar-refractivity contribution in [1.29, 1.82) is 0 Å². The molecule has 1 aromatic heterocycles. The Hall–Kier alpha value is -2.99. The lowest BCUT2D eigenvalue weighted by atomic mass is 10.0. The average Bonchev–Trinajstić information content (AvgIpc) is 3.05. The fourth-order valence-electron chi connectivity index (χ4n) is 2.89. The molecule has 0 aliphatic rings. The van der Waals surface area contributed by atoms with Crippen LogP contribution in [-0.4, -0.2) is 9.49 Å². The van der Waals surface area contributed by atoms with Gasteiger partial charge < -0.3 is 4.57 Å². The van der Waals surface area contributed by atoms with Gasteiger partial charge in [0.15, 0.2) is 4.80 Å². The van der Waals surface area contributed by atoms with Crippen molar-refractivity contribution in [3.05, 3.63) is 87.0 Å². The van der Waals surface area contributed by atoms with Gasteiger partial charge in [-0.15, -0.1) is 17.9 Å². The van der Waals surface area contributed by atoms with E-state index in [9.17, 15) is 10.1 Å². The van der Waals surface area contributed by atoms with Gasteiger partial charge in [-0.25, -0.2) is 4.99 Å². The molecule has 0 N–H and O–H groups in total. The second-order valence-corrected chi connectivity index (χ2v) is 7.27. The Balaban J connectivity index is 2.11. The molecule has 0 bridgehead atoms. The highest BCUT2D eigenvalue weighted by molar-refractivity contribution is 7.07. The van der Waals surface area contributed by atoms with Gasteiger partial charge in [-0.05, 0) is 35.2 Å². The van der Waals surface area contributed by atoms with Crippen molar-refractivity contribution < 1.29 is 4.92 Å². The van der Waals surface area contributed by atoms with Crippen LogP contribution in [0.1, 0.15) is 25.3 Å². The predicted molar refractivity (Wildman–Crippen MR) is 110 cm³/mol. The average molecular weight is 379 g/mol. The molecule has 0 saturated heterocycles. The number of nitro benzene ring substituents is 1. The Morgan fingerprint density at radius 1 is 1.22 bits per heavy atom. The molecular formula is C21H21N3O2S. The van der Waals surface area contributed by atoms with Crippen LogP contribution in [0.3, 0.4) is 0 Å². The summed E-state index contributed by atoms with van der Waals surface area (Å²) in [6, 6.07) is 14.7. The van der Waals surface area contributed by atoms with Crippen LogP contribution < -0.4 is 4.80 Å². The first kappa shape index (κ1) is 18.8. The molecule has 0 radical (unpaired) electrons. The van der Waals surface area contributed by atoms with Gasteiger partial charge in [0.2, 0.25) is 0 Å². The van der Waals surface area contributed by atoms with Gasteiger partial charge in [0.1, 0.15) is 0 Å². The molecule has 3 rings (SSSR count). The lowest BCUT2D eigenvalue weighted by molar-refractivity contribution is -0.384. The quantitative estimate of drug-likeness (QED) is 0.315. The summed E-state index contributed by atoms with van der Waals surface area (Å²) in [7, 11) is 0. The van der Waals surface area contributed by atoms with Crippen molar-refractivity contribution in [3.8, 4) is 11.3 Å². The summed E-state index contributed by atoms with van der Waals surface area (Å²) >= 11 is 1.55. The highest BCUT2D eigenvalue weighted by Crippen LogP contribution is 2.27. The third kappa shape index (κ3) is 4.06. The molecule has 0 unspecified atom stereocenters. The van der Waals surface area contributed by atoms with Crippen molar-refractivity contribution in [3.63, 3.8) is 0 Å². The highest BCUT2D eigenvalue weighted by atomic mass is 32.1. The van der Waals surface area contributed by atoms with E-state index in [2.05, 4.69) is 31.1 Å². The standard InChI is InChI=1S/C21H21N3O2S/c1-4-13-23-20(16-9-11-17(12-10-16)24(25)26)14-27-21(23)22-19-8-6-5-7-18(19)15(2)3/h4-12,14-15H,1,13H2,2-3H3. The van der Waals surface area contributed by atoms with Crippen molar-refractivity contribution >= 4 is 22.7 Å². The second-order valence-electron chi connectivity index (χ2n) is 6.43. The summed E-state index contributed by atoms with van der Waals surface area (Å²) in [4.78, 5) is 16.3. The number of para-hydroxylation sites is 1. The zero-order chi connectivity index (χ0) is 19.4. The Morgan fingerprint density at radius 3 is 2.56 bits per heavy atom. The summed E-state index contributed by atoms with van der Waals surface area (Å²) < 4.78 is 2.08. The Bertz CT molecular complexity index is 1030. The van der Waals surface area contributed by atoms with E-state index in [1.54, 1.807) is 23.5 Å². The molecule has 2 aromatic carbocycles. The van der Waals surface area contributed by atoms with Gasteiger partial charge in [0.25, 0.3) is 5.69 Å². The lowest BCUT2D eigenvalue weighted by Gasteiger charge is -2.09. The summed E-state index contributed by atoms with van der Waals surface area (Å²) in [6.07, 6.45) is 1.83. The fraction of sp³-hybridized carbons (Fsp3) is 0.190. The number of rotatable bonds is 6. The van der Waals surface area contributed by atoms with Crippen LogP contribution in [0, 0.1) is 10.1 Å². The predicted octanol–water partition coefficient (Wildman–Crippen LogP) is 5.67. The molecule has 0 spiro atoms. The third-order valence-electron chi connectivity index (χ3n) is 4.26. The van der Waals surface area contributed by atoms with Crippen molar-refractivity contribution in [2.75, 3.05) is 0 Å². The zero-order valence-corrected chi connectivity index (χ0v) is 16.1. The van der Waals surface area contributed by atoms with Crippen LogP contribution in [0.5, 0.6) is 0 Å². The molecule has 0 aliphatic heterocycles. The van der Waals surface area contributed by atoms with E-state index in [1.165, 1.54) is 17.7 Å². The molecule has 3 aromatic rings. The van der Waals surface area contributed by atoms with Crippen LogP contribution >= 0.6 is 11.3 Å². The molecule has 138 valence electrons. The van der Waals surface area contributed by atoms with Gasteiger partial charge in [-0.2, -0.15) is 0 Å². The molecule has 5 nitrogen and oxygen atoms in total. The number of nitro groups is 1. The van der Waals surface area contributed by atoms with E-state index in [1.807, 2.05) is 29.7 Å². The molecule has 1 heterocycles. The lowest BCUT2D eigenvalue weighted by Crippen LogP contribution is -2.15. The fourth-order valence-corrected chi connectivity index (χ4v) is 3.82. The highest BCUT2D eigenvalue weighted by Gasteiger charge is 2.11. The first-order valence-corrected chi connectivity index (χ1v) is 9.57. The first-order valence-electron chi connectivity index (χ1n) is 8.69. The molecular weight excluding hydrogens is 358 g/mol. The Morgan fingerprint density at radius 2 is 1.93 bits per heavy atom. The number of hydrogen-bond acceptors (Lipinski definition) is 4. The normalized spacial score (nSPS) is 11.7. The van der Waals surface area contributed by atoms with Crippen LogP contribution in [0.25, 0.3) is 11.3 Å². The first-order chi connectivity index (χ1) is 13.0. The maximum atomic E-state index is 10.9. The number of aromatic nitrogens is 1. The van der Waals surface area contributed by atoms with E-state index in [4.69, 9.17) is 4.99 Å². The van der Waals surface area contributed by atoms with Gasteiger partial charge in [-0.3, -0.25) is 10.1 Å². The second kappa shape index (κ2) is 8.14. The monoisotopic (exact) mass is 379 g/mol. The van der Waals surface area contributed by atoms with Crippen molar-refractivity contribution in [2.45, 2.75) is 26.3 Å². The summed E-state index contributed by atoms with van der Waals surface area (Å²) in [5.74, 6) is 0.381. The largest absolute Gasteiger partial charge is 0.313 e. The molecule has 0 saturated carbocycles. The zero-order valence-electron chi connectivity index (χ0n) is 15.3. The SMILES string of the molecule is C=CCn1c(-c2ccc([N+](=O)[O-])cc2)csc1=Nc1ccccc1C(C)C. The minimum Gasteiger partial charge on any atom is -0.313 e.